The van der Waals surface area contributed by atoms with Crippen molar-refractivity contribution in [2.75, 3.05) is 6.54 Å². The quantitative estimate of drug-likeness (QED) is 0.789. The summed E-state index contributed by atoms with van der Waals surface area (Å²) in [5, 5.41) is 8.74. The Morgan fingerprint density at radius 2 is 1.85 bits per heavy atom. The third-order valence-corrected chi connectivity index (χ3v) is 3.19. The normalized spacial score (nSPS) is 10.6. The van der Waals surface area contributed by atoms with Gasteiger partial charge >= 0.3 is 5.97 Å². The van der Waals surface area contributed by atoms with Crippen LogP contribution >= 0.6 is 0 Å². The Balaban J connectivity index is 2.77. The lowest BCUT2D eigenvalue weighted by Crippen LogP contribution is -2.39. The van der Waals surface area contributed by atoms with Crippen LogP contribution in [0.15, 0.2) is 24.3 Å². The van der Waals surface area contributed by atoms with Gasteiger partial charge in [-0.15, -0.1) is 0 Å². The molecule has 0 aliphatic rings. The number of carbonyl (C=O) groups is 2. The summed E-state index contributed by atoms with van der Waals surface area (Å²) in [6, 6.07) is 7.53. The van der Waals surface area contributed by atoms with Crippen molar-refractivity contribution in [3.63, 3.8) is 0 Å². The second-order valence-electron chi connectivity index (χ2n) is 4.97. The van der Waals surface area contributed by atoms with Crippen molar-refractivity contribution in [3.8, 4) is 0 Å². The van der Waals surface area contributed by atoms with Crippen LogP contribution in [-0.2, 0) is 22.6 Å². The van der Waals surface area contributed by atoms with Gasteiger partial charge in [0.25, 0.3) is 0 Å². The summed E-state index contributed by atoms with van der Waals surface area (Å²) < 4.78 is 0. The molecule has 0 spiro atoms. The van der Waals surface area contributed by atoms with Crippen LogP contribution in [0.5, 0.6) is 0 Å². The molecule has 0 unspecified atom stereocenters. The summed E-state index contributed by atoms with van der Waals surface area (Å²) in [5.41, 5.74) is 7.51. The van der Waals surface area contributed by atoms with E-state index in [1.807, 2.05) is 38.1 Å². The van der Waals surface area contributed by atoms with Gasteiger partial charge in [0.1, 0.15) is 0 Å². The lowest BCUT2D eigenvalue weighted by molar-refractivity contribution is -0.139. The molecule has 0 aliphatic carbocycles. The zero-order chi connectivity index (χ0) is 15.1. The summed E-state index contributed by atoms with van der Waals surface area (Å²) >= 11 is 0. The number of carbonyl (C=O) groups excluding carboxylic acids is 1. The Labute approximate surface area is 119 Å². The Hall–Kier alpha value is -1.88. The fraction of sp³-hybridized carbons (Fsp3) is 0.467. The molecule has 3 N–H and O–H groups in total. The number of aliphatic carboxylic acids is 1. The summed E-state index contributed by atoms with van der Waals surface area (Å²) in [6.45, 7) is 4.39. The van der Waals surface area contributed by atoms with E-state index in [-0.39, 0.29) is 31.3 Å². The number of hydrogen-bond donors (Lipinski definition) is 2. The van der Waals surface area contributed by atoms with Gasteiger partial charge < -0.3 is 15.7 Å². The average Bonchev–Trinajstić information content (AvgIpc) is 2.38. The molecule has 0 bridgehead atoms. The molecule has 0 saturated heterocycles. The lowest BCUT2D eigenvalue weighted by Gasteiger charge is -2.26. The number of nitrogens with two attached hydrogens (primary N) is 1. The minimum absolute atomic E-state index is 0.0214. The molecular formula is C15H22N2O3. The number of benzene rings is 1. The highest BCUT2D eigenvalue weighted by atomic mass is 16.4. The minimum Gasteiger partial charge on any atom is -0.481 e. The van der Waals surface area contributed by atoms with E-state index in [9.17, 15) is 9.59 Å². The Morgan fingerprint density at radius 1 is 1.25 bits per heavy atom. The zero-order valence-electron chi connectivity index (χ0n) is 12.0. The average molecular weight is 278 g/mol. The van der Waals surface area contributed by atoms with Gasteiger partial charge in [0.05, 0.1) is 12.8 Å². The molecule has 1 aromatic carbocycles. The Morgan fingerprint density at radius 3 is 2.35 bits per heavy atom. The van der Waals surface area contributed by atoms with Gasteiger partial charge in [-0.25, -0.2) is 0 Å². The van der Waals surface area contributed by atoms with E-state index in [2.05, 4.69) is 0 Å². The van der Waals surface area contributed by atoms with Crippen LogP contribution in [-0.4, -0.2) is 34.5 Å². The van der Waals surface area contributed by atoms with Crippen LogP contribution in [0.25, 0.3) is 0 Å². The smallest absolute Gasteiger partial charge is 0.305 e. The molecule has 1 amide bonds. The number of carboxylic acid groups (broad SMARTS) is 1. The molecule has 110 valence electrons. The van der Waals surface area contributed by atoms with Crippen LogP contribution in [0.4, 0.5) is 0 Å². The second kappa shape index (κ2) is 7.65. The van der Waals surface area contributed by atoms with Gasteiger partial charge in [-0.3, -0.25) is 9.59 Å². The molecule has 1 rings (SSSR count). The monoisotopic (exact) mass is 278 g/mol. The molecule has 0 radical (unpaired) electrons. The van der Waals surface area contributed by atoms with Crippen LogP contribution in [0.1, 0.15) is 31.4 Å². The standard InChI is InChI=1S/C15H22N2O3/c1-11(2)17(8-7-15(19)20)14(18)9-12-5-3-4-6-13(12)10-16/h3-6,11H,7-10,16H2,1-2H3,(H,19,20). The van der Waals surface area contributed by atoms with E-state index in [4.69, 9.17) is 10.8 Å². The fourth-order valence-corrected chi connectivity index (χ4v) is 2.08. The number of nitrogens with zero attached hydrogens (tertiary/aromatic N) is 1. The topological polar surface area (TPSA) is 83.6 Å². The molecule has 1 aromatic rings. The molecule has 0 aliphatic heterocycles. The van der Waals surface area contributed by atoms with Crippen LogP contribution in [0, 0.1) is 0 Å². The zero-order valence-corrected chi connectivity index (χ0v) is 12.0. The van der Waals surface area contributed by atoms with Gasteiger partial charge in [-0.2, -0.15) is 0 Å². The molecule has 5 heteroatoms. The van der Waals surface area contributed by atoms with Crippen LogP contribution < -0.4 is 5.73 Å². The maximum atomic E-state index is 12.3. The first-order chi connectivity index (χ1) is 9.45. The van der Waals surface area contributed by atoms with Crippen molar-refractivity contribution in [1.82, 2.24) is 4.90 Å². The first-order valence-corrected chi connectivity index (χ1v) is 6.73. The van der Waals surface area contributed by atoms with Gasteiger partial charge in [-0.1, -0.05) is 24.3 Å². The number of amides is 1. The van der Waals surface area contributed by atoms with E-state index in [0.29, 0.717) is 6.54 Å². The molecule has 0 saturated carbocycles. The largest absolute Gasteiger partial charge is 0.481 e. The van der Waals surface area contributed by atoms with E-state index < -0.39 is 5.97 Å². The fourth-order valence-electron chi connectivity index (χ4n) is 2.08. The number of carboxylic acids is 1. The van der Waals surface area contributed by atoms with Crippen LogP contribution in [0.2, 0.25) is 0 Å². The van der Waals surface area contributed by atoms with E-state index in [1.165, 1.54) is 0 Å². The summed E-state index contributed by atoms with van der Waals surface area (Å²) in [7, 11) is 0. The maximum absolute atomic E-state index is 12.3. The Bertz CT molecular complexity index is 472. The first kappa shape index (κ1) is 16.2. The van der Waals surface area contributed by atoms with Crippen molar-refractivity contribution < 1.29 is 14.7 Å². The third-order valence-electron chi connectivity index (χ3n) is 3.19. The predicted molar refractivity (Wildman–Crippen MR) is 77.1 cm³/mol. The van der Waals surface area contributed by atoms with Crippen molar-refractivity contribution in [2.24, 2.45) is 5.73 Å². The number of rotatable bonds is 7. The molecule has 20 heavy (non-hydrogen) atoms. The lowest BCUT2D eigenvalue weighted by atomic mass is 10.0. The predicted octanol–water partition coefficient (Wildman–Crippen LogP) is 1.40. The molecule has 0 aromatic heterocycles. The van der Waals surface area contributed by atoms with Crippen molar-refractivity contribution in [1.29, 1.82) is 0 Å². The third kappa shape index (κ3) is 4.66. The van der Waals surface area contributed by atoms with Gasteiger partial charge in [0, 0.05) is 19.1 Å². The second-order valence-corrected chi connectivity index (χ2v) is 4.97. The van der Waals surface area contributed by atoms with Gasteiger partial charge in [0.2, 0.25) is 5.91 Å². The summed E-state index contributed by atoms with van der Waals surface area (Å²) in [4.78, 5) is 24.6. The maximum Gasteiger partial charge on any atom is 0.305 e. The molecule has 0 heterocycles. The summed E-state index contributed by atoms with van der Waals surface area (Å²) in [5.74, 6) is -0.965. The Kier molecular flexibility index (Phi) is 6.18. The van der Waals surface area contributed by atoms with Crippen LogP contribution in [0.3, 0.4) is 0 Å². The summed E-state index contributed by atoms with van der Waals surface area (Å²) in [6.07, 6.45) is 0.216. The molecule has 0 atom stereocenters. The van der Waals surface area contributed by atoms with Crippen molar-refractivity contribution >= 4 is 11.9 Å². The minimum atomic E-state index is -0.897. The van der Waals surface area contributed by atoms with Gasteiger partial charge in [0.15, 0.2) is 0 Å². The molecule has 5 nitrogen and oxygen atoms in total. The molecule has 0 fully saturated rings. The highest BCUT2D eigenvalue weighted by molar-refractivity contribution is 5.80. The van der Waals surface area contributed by atoms with Gasteiger partial charge in [-0.05, 0) is 25.0 Å². The highest BCUT2D eigenvalue weighted by Gasteiger charge is 2.18. The SMILES string of the molecule is CC(C)N(CCC(=O)O)C(=O)Cc1ccccc1CN. The molecular weight excluding hydrogens is 256 g/mol. The highest BCUT2D eigenvalue weighted by Crippen LogP contribution is 2.12. The van der Waals surface area contributed by atoms with E-state index >= 15 is 0 Å². The van der Waals surface area contributed by atoms with E-state index in [0.717, 1.165) is 11.1 Å². The van der Waals surface area contributed by atoms with E-state index in [1.54, 1.807) is 4.90 Å². The number of hydrogen-bond acceptors (Lipinski definition) is 3. The van der Waals surface area contributed by atoms with Crippen molar-refractivity contribution in [3.05, 3.63) is 35.4 Å². The van der Waals surface area contributed by atoms with Crippen molar-refractivity contribution in [2.45, 2.75) is 39.3 Å². The first-order valence-electron chi connectivity index (χ1n) is 6.73.